The molecule has 0 radical (unpaired) electrons. The molecule has 2 aliphatic rings. The van der Waals surface area contributed by atoms with Crippen molar-refractivity contribution in [2.24, 2.45) is 11.8 Å². The van der Waals surface area contributed by atoms with E-state index in [0.717, 1.165) is 6.54 Å². The van der Waals surface area contributed by atoms with Gasteiger partial charge in [0.25, 0.3) is 0 Å². The minimum Gasteiger partial charge on any atom is -0.481 e. The molecule has 1 saturated heterocycles. The number of amides is 2. The van der Waals surface area contributed by atoms with Crippen LogP contribution in [-0.2, 0) is 4.79 Å². The standard InChI is InChI=1S/C15H27N3O3/c1-11(14(19)20)12-9-18(10-12)15(21)16-7-8-17(2)13-5-3-4-6-13/h11-13H,3-10H2,1-2H3,(H,16,21)(H,19,20). The van der Waals surface area contributed by atoms with Gasteiger partial charge in [-0.25, -0.2) is 4.79 Å². The van der Waals surface area contributed by atoms with Crippen molar-refractivity contribution in [2.75, 3.05) is 33.2 Å². The third-order valence-corrected chi connectivity index (χ3v) is 4.98. The van der Waals surface area contributed by atoms with Crippen LogP contribution in [0.3, 0.4) is 0 Å². The summed E-state index contributed by atoms with van der Waals surface area (Å²) in [6, 6.07) is 0.607. The van der Waals surface area contributed by atoms with Crippen molar-refractivity contribution in [3.8, 4) is 0 Å². The first-order chi connectivity index (χ1) is 9.99. The van der Waals surface area contributed by atoms with Crippen LogP contribution in [-0.4, -0.2) is 66.2 Å². The lowest BCUT2D eigenvalue weighted by molar-refractivity contribution is -0.144. The Kier molecular flexibility index (Phi) is 5.45. The van der Waals surface area contributed by atoms with E-state index in [4.69, 9.17) is 5.11 Å². The monoisotopic (exact) mass is 297 g/mol. The SMILES string of the molecule is CC(C(=O)O)C1CN(C(=O)NCCN(C)C2CCCC2)C1. The van der Waals surface area contributed by atoms with Gasteiger partial charge < -0.3 is 20.2 Å². The zero-order valence-corrected chi connectivity index (χ0v) is 13.0. The first kappa shape index (κ1) is 16.1. The minimum absolute atomic E-state index is 0.0661. The highest BCUT2D eigenvalue weighted by Crippen LogP contribution is 2.24. The van der Waals surface area contributed by atoms with Gasteiger partial charge in [0.05, 0.1) is 5.92 Å². The predicted octanol–water partition coefficient (Wildman–Crippen LogP) is 1.22. The van der Waals surface area contributed by atoms with Gasteiger partial charge in [0.1, 0.15) is 0 Å². The summed E-state index contributed by atoms with van der Waals surface area (Å²) in [6.07, 6.45) is 5.17. The first-order valence-electron chi connectivity index (χ1n) is 7.95. The van der Waals surface area contributed by atoms with Crippen molar-refractivity contribution in [3.05, 3.63) is 0 Å². The smallest absolute Gasteiger partial charge is 0.317 e. The maximum atomic E-state index is 11.9. The quantitative estimate of drug-likeness (QED) is 0.773. The van der Waals surface area contributed by atoms with Crippen LogP contribution in [0, 0.1) is 11.8 Å². The zero-order valence-electron chi connectivity index (χ0n) is 13.0. The number of hydrogen-bond acceptors (Lipinski definition) is 3. The van der Waals surface area contributed by atoms with Crippen molar-refractivity contribution >= 4 is 12.0 Å². The van der Waals surface area contributed by atoms with Gasteiger partial charge in [-0.05, 0) is 19.9 Å². The highest BCUT2D eigenvalue weighted by molar-refractivity contribution is 5.76. The van der Waals surface area contributed by atoms with Gasteiger partial charge in [0.2, 0.25) is 0 Å². The molecule has 2 amide bonds. The molecule has 1 saturated carbocycles. The number of hydrogen-bond donors (Lipinski definition) is 2. The highest BCUT2D eigenvalue weighted by atomic mass is 16.4. The Labute approximate surface area is 126 Å². The molecule has 6 heteroatoms. The van der Waals surface area contributed by atoms with Crippen molar-refractivity contribution in [1.29, 1.82) is 0 Å². The average molecular weight is 297 g/mol. The summed E-state index contributed by atoms with van der Waals surface area (Å²) in [5.74, 6) is -1.06. The summed E-state index contributed by atoms with van der Waals surface area (Å²) < 4.78 is 0. The van der Waals surface area contributed by atoms with Gasteiger partial charge in [-0.15, -0.1) is 0 Å². The van der Waals surface area contributed by atoms with Crippen LogP contribution in [0.4, 0.5) is 4.79 Å². The van der Waals surface area contributed by atoms with Crippen molar-refractivity contribution in [1.82, 2.24) is 15.1 Å². The molecular weight excluding hydrogens is 270 g/mol. The number of likely N-dealkylation sites (tertiary alicyclic amines) is 1. The van der Waals surface area contributed by atoms with E-state index in [9.17, 15) is 9.59 Å². The van der Waals surface area contributed by atoms with E-state index in [0.29, 0.717) is 25.7 Å². The molecule has 120 valence electrons. The molecular formula is C15H27N3O3. The number of nitrogens with one attached hydrogen (secondary N) is 1. The second-order valence-electron chi connectivity index (χ2n) is 6.44. The lowest BCUT2D eigenvalue weighted by atomic mass is 9.87. The Hall–Kier alpha value is -1.30. The molecule has 1 aliphatic carbocycles. The van der Waals surface area contributed by atoms with E-state index in [1.165, 1.54) is 25.7 Å². The van der Waals surface area contributed by atoms with Crippen molar-refractivity contribution in [2.45, 2.75) is 38.6 Å². The zero-order chi connectivity index (χ0) is 15.4. The van der Waals surface area contributed by atoms with Gasteiger partial charge in [-0.1, -0.05) is 19.8 Å². The number of likely N-dealkylation sites (N-methyl/N-ethyl adjacent to an activating group) is 1. The van der Waals surface area contributed by atoms with E-state index in [-0.39, 0.29) is 17.9 Å². The topological polar surface area (TPSA) is 72.9 Å². The summed E-state index contributed by atoms with van der Waals surface area (Å²) in [4.78, 5) is 26.8. The lowest BCUT2D eigenvalue weighted by Crippen LogP contribution is -2.57. The minimum atomic E-state index is -0.779. The Morgan fingerprint density at radius 3 is 2.52 bits per heavy atom. The van der Waals surface area contributed by atoms with Gasteiger partial charge >= 0.3 is 12.0 Å². The van der Waals surface area contributed by atoms with E-state index in [1.807, 2.05) is 0 Å². The Balaban J connectivity index is 1.59. The summed E-state index contributed by atoms with van der Waals surface area (Å²) >= 11 is 0. The summed E-state index contributed by atoms with van der Waals surface area (Å²) in [5, 5.41) is 11.8. The fourth-order valence-electron chi connectivity index (χ4n) is 3.17. The molecule has 1 atom stereocenters. The van der Waals surface area contributed by atoms with Gasteiger partial charge in [0, 0.05) is 38.1 Å². The van der Waals surface area contributed by atoms with Crippen LogP contribution in [0.15, 0.2) is 0 Å². The Morgan fingerprint density at radius 1 is 1.33 bits per heavy atom. The Morgan fingerprint density at radius 2 is 1.95 bits per heavy atom. The van der Waals surface area contributed by atoms with Gasteiger partial charge in [0.15, 0.2) is 0 Å². The lowest BCUT2D eigenvalue weighted by Gasteiger charge is -2.41. The second-order valence-corrected chi connectivity index (χ2v) is 6.44. The highest BCUT2D eigenvalue weighted by Gasteiger charge is 2.37. The molecule has 2 N–H and O–H groups in total. The summed E-state index contributed by atoms with van der Waals surface area (Å²) in [7, 11) is 2.12. The van der Waals surface area contributed by atoms with E-state index < -0.39 is 5.97 Å². The molecule has 2 fully saturated rings. The molecule has 2 rings (SSSR count). The van der Waals surface area contributed by atoms with E-state index >= 15 is 0 Å². The van der Waals surface area contributed by atoms with E-state index in [2.05, 4.69) is 17.3 Å². The van der Waals surface area contributed by atoms with Crippen LogP contribution in [0.1, 0.15) is 32.6 Å². The molecule has 0 aromatic heterocycles. The fraction of sp³-hybridized carbons (Fsp3) is 0.867. The second kappa shape index (κ2) is 7.11. The molecule has 0 aromatic carbocycles. The van der Waals surface area contributed by atoms with Crippen molar-refractivity contribution in [3.63, 3.8) is 0 Å². The predicted molar refractivity (Wildman–Crippen MR) is 80.1 cm³/mol. The third-order valence-electron chi connectivity index (χ3n) is 4.98. The number of carbonyl (C=O) groups is 2. The van der Waals surface area contributed by atoms with Gasteiger partial charge in [-0.2, -0.15) is 0 Å². The van der Waals surface area contributed by atoms with Crippen LogP contribution in [0.25, 0.3) is 0 Å². The fourth-order valence-corrected chi connectivity index (χ4v) is 3.17. The van der Waals surface area contributed by atoms with E-state index in [1.54, 1.807) is 11.8 Å². The first-order valence-corrected chi connectivity index (χ1v) is 7.95. The summed E-state index contributed by atoms with van der Waals surface area (Å²) in [6.45, 7) is 4.34. The maximum Gasteiger partial charge on any atom is 0.317 e. The molecule has 0 aromatic rings. The van der Waals surface area contributed by atoms with Crippen molar-refractivity contribution < 1.29 is 14.7 Å². The normalized spacial score (nSPS) is 21.4. The largest absolute Gasteiger partial charge is 0.481 e. The number of rotatable bonds is 6. The number of urea groups is 1. The maximum absolute atomic E-state index is 11.9. The molecule has 0 bridgehead atoms. The molecule has 6 nitrogen and oxygen atoms in total. The molecule has 21 heavy (non-hydrogen) atoms. The van der Waals surface area contributed by atoms with Crippen LogP contribution in [0.5, 0.6) is 0 Å². The number of nitrogens with zero attached hydrogens (tertiary/aromatic N) is 2. The molecule has 1 heterocycles. The average Bonchev–Trinajstić information content (AvgIpc) is 2.90. The number of aliphatic carboxylic acids is 1. The number of carbonyl (C=O) groups excluding carboxylic acids is 1. The van der Waals surface area contributed by atoms with Crippen LogP contribution in [0.2, 0.25) is 0 Å². The van der Waals surface area contributed by atoms with Gasteiger partial charge in [-0.3, -0.25) is 4.79 Å². The van der Waals surface area contributed by atoms with Crippen LogP contribution < -0.4 is 5.32 Å². The molecule has 1 aliphatic heterocycles. The third kappa shape index (κ3) is 4.09. The molecule has 1 unspecified atom stereocenters. The Bertz CT molecular complexity index is 376. The number of carboxylic acid groups (broad SMARTS) is 1. The summed E-state index contributed by atoms with van der Waals surface area (Å²) in [5.41, 5.74) is 0. The molecule has 0 spiro atoms. The number of carboxylic acids is 1. The van der Waals surface area contributed by atoms with Crippen LogP contribution >= 0.6 is 0 Å².